The number of thiophene rings is 1. The van der Waals surface area contributed by atoms with Crippen LogP contribution in [-0.2, 0) is 6.18 Å². The Hall–Kier alpha value is -0.710. The van der Waals surface area contributed by atoms with E-state index in [0.717, 1.165) is 6.07 Å². The molecule has 1 heterocycles. The summed E-state index contributed by atoms with van der Waals surface area (Å²) in [5.74, 6) is 0. The zero-order valence-electron chi connectivity index (χ0n) is 8.84. The third-order valence-electron chi connectivity index (χ3n) is 2.38. The first-order chi connectivity index (χ1) is 8.39. The van der Waals surface area contributed by atoms with Gasteiger partial charge in [-0.1, -0.05) is 29.8 Å². The van der Waals surface area contributed by atoms with E-state index >= 15 is 0 Å². The van der Waals surface area contributed by atoms with Crippen molar-refractivity contribution >= 4 is 34.5 Å². The van der Waals surface area contributed by atoms with E-state index in [0.29, 0.717) is 9.21 Å². The van der Waals surface area contributed by atoms with Crippen molar-refractivity contribution < 1.29 is 13.2 Å². The van der Waals surface area contributed by atoms with Crippen LogP contribution in [0, 0.1) is 0 Å². The zero-order chi connectivity index (χ0) is 13.3. The second kappa shape index (κ2) is 5.11. The number of alkyl halides is 4. The van der Waals surface area contributed by atoms with Crippen LogP contribution in [0.25, 0.3) is 0 Å². The molecule has 1 atom stereocenters. The van der Waals surface area contributed by atoms with Gasteiger partial charge in [-0.25, -0.2) is 0 Å². The molecule has 0 aliphatic carbocycles. The van der Waals surface area contributed by atoms with Crippen molar-refractivity contribution in [2.75, 3.05) is 0 Å². The van der Waals surface area contributed by atoms with E-state index in [2.05, 4.69) is 0 Å². The van der Waals surface area contributed by atoms with Crippen molar-refractivity contribution in [3.8, 4) is 0 Å². The van der Waals surface area contributed by atoms with Crippen molar-refractivity contribution in [1.29, 1.82) is 0 Å². The van der Waals surface area contributed by atoms with Gasteiger partial charge in [-0.05, 0) is 23.8 Å². The van der Waals surface area contributed by atoms with Gasteiger partial charge in [0.1, 0.15) is 0 Å². The van der Waals surface area contributed by atoms with Gasteiger partial charge in [-0.2, -0.15) is 13.2 Å². The number of rotatable bonds is 2. The fourth-order valence-electron chi connectivity index (χ4n) is 1.59. The van der Waals surface area contributed by atoms with Crippen LogP contribution >= 0.6 is 34.5 Å². The van der Waals surface area contributed by atoms with Gasteiger partial charge in [0.15, 0.2) is 0 Å². The SMILES string of the molecule is FC(F)(F)c1ccccc1C(Cl)c1ccc(Cl)s1. The van der Waals surface area contributed by atoms with Crippen molar-refractivity contribution in [3.63, 3.8) is 0 Å². The van der Waals surface area contributed by atoms with Crippen molar-refractivity contribution in [2.45, 2.75) is 11.6 Å². The summed E-state index contributed by atoms with van der Waals surface area (Å²) < 4.78 is 39.0. The monoisotopic (exact) mass is 310 g/mol. The summed E-state index contributed by atoms with van der Waals surface area (Å²) in [5.41, 5.74) is -0.667. The summed E-state index contributed by atoms with van der Waals surface area (Å²) in [7, 11) is 0. The first kappa shape index (κ1) is 13.7. The van der Waals surface area contributed by atoms with Gasteiger partial charge in [0.25, 0.3) is 0 Å². The maximum atomic E-state index is 12.8. The van der Waals surface area contributed by atoms with E-state index in [1.54, 1.807) is 12.1 Å². The van der Waals surface area contributed by atoms with Gasteiger partial charge >= 0.3 is 6.18 Å². The summed E-state index contributed by atoms with van der Waals surface area (Å²) in [6.45, 7) is 0. The third-order valence-corrected chi connectivity index (χ3v) is 4.28. The van der Waals surface area contributed by atoms with E-state index in [4.69, 9.17) is 23.2 Å². The first-order valence-electron chi connectivity index (χ1n) is 4.95. The van der Waals surface area contributed by atoms with Crippen molar-refractivity contribution in [1.82, 2.24) is 0 Å². The summed E-state index contributed by atoms with van der Waals surface area (Å²) in [6.07, 6.45) is -4.41. The molecule has 1 unspecified atom stereocenters. The highest BCUT2D eigenvalue weighted by Crippen LogP contribution is 2.41. The minimum absolute atomic E-state index is 0.0465. The Labute approximate surface area is 116 Å². The standard InChI is InChI=1S/C12H7Cl2F3S/c13-10-6-5-9(18-10)11(14)7-3-1-2-4-8(7)12(15,16)17/h1-6,11H. The molecule has 96 valence electrons. The average Bonchev–Trinajstić information content (AvgIpc) is 2.74. The highest BCUT2D eigenvalue weighted by molar-refractivity contribution is 7.16. The number of hydrogen-bond acceptors (Lipinski definition) is 1. The molecule has 6 heteroatoms. The molecule has 0 aliphatic rings. The molecule has 0 aliphatic heterocycles. The topological polar surface area (TPSA) is 0 Å². The lowest BCUT2D eigenvalue weighted by molar-refractivity contribution is -0.138. The molecular formula is C12H7Cl2F3S. The molecule has 1 aromatic carbocycles. The van der Waals surface area contributed by atoms with Crippen LogP contribution in [0.2, 0.25) is 4.34 Å². The maximum absolute atomic E-state index is 12.8. The molecule has 0 saturated heterocycles. The van der Waals surface area contributed by atoms with Crippen LogP contribution in [0.3, 0.4) is 0 Å². The summed E-state index contributed by atoms with van der Waals surface area (Å²) >= 11 is 13.0. The van der Waals surface area contributed by atoms with Gasteiger partial charge in [0.05, 0.1) is 15.3 Å². The third kappa shape index (κ3) is 2.82. The quantitative estimate of drug-likeness (QED) is 0.620. The van der Waals surface area contributed by atoms with Gasteiger partial charge in [0.2, 0.25) is 0 Å². The fraction of sp³-hybridized carbons (Fsp3) is 0.167. The molecule has 2 aromatic rings. The molecule has 0 N–H and O–H groups in total. The number of halogens is 5. The average molecular weight is 311 g/mol. The van der Waals surface area contributed by atoms with Gasteiger partial charge in [-0.15, -0.1) is 22.9 Å². The lowest BCUT2D eigenvalue weighted by Gasteiger charge is -2.15. The predicted molar refractivity (Wildman–Crippen MR) is 68.5 cm³/mol. The van der Waals surface area contributed by atoms with Gasteiger partial charge < -0.3 is 0 Å². The Morgan fingerprint density at radius 3 is 2.28 bits per heavy atom. The molecule has 0 spiro atoms. The summed E-state index contributed by atoms with van der Waals surface area (Å²) in [5, 5.41) is -0.847. The molecule has 0 radical (unpaired) electrons. The normalized spacial score (nSPS) is 13.6. The minimum atomic E-state index is -4.41. The van der Waals surface area contributed by atoms with E-state index < -0.39 is 17.1 Å². The van der Waals surface area contributed by atoms with Crippen LogP contribution in [0.4, 0.5) is 13.2 Å². The van der Waals surface area contributed by atoms with Crippen LogP contribution in [0.1, 0.15) is 21.4 Å². The molecule has 0 bridgehead atoms. The number of hydrogen-bond donors (Lipinski definition) is 0. The lowest BCUT2D eigenvalue weighted by atomic mass is 10.0. The Morgan fingerprint density at radius 2 is 1.72 bits per heavy atom. The van der Waals surface area contributed by atoms with Crippen LogP contribution in [0.15, 0.2) is 36.4 Å². The molecule has 0 nitrogen and oxygen atoms in total. The minimum Gasteiger partial charge on any atom is -0.166 e. The molecule has 18 heavy (non-hydrogen) atoms. The molecule has 1 aromatic heterocycles. The van der Waals surface area contributed by atoms with Crippen molar-refractivity contribution in [2.24, 2.45) is 0 Å². The number of benzene rings is 1. The lowest BCUT2D eigenvalue weighted by Crippen LogP contribution is -2.10. The van der Waals surface area contributed by atoms with E-state index in [1.165, 1.54) is 29.5 Å². The Balaban J connectivity index is 2.45. The Morgan fingerprint density at radius 1 is 1.06 bits per heavy atom. The highest BCUT2D eigenvalue weighted by Gasteiger charge is 2.35. The molecule has 0 amide bonds. The highest BCUT2D eigenvalue weighted by atomic mass is 35.5. The van der Waals surface area contributed by atoms with E-state index in [-0.39, 0.29) is 5.56 Å². The molecule has 2 rings (SSSR count). The van der Waals surface area contributed by atoms with Gasteiger partial charge in [-0.3, -0.25) is 0 Å². The van der Waals surface area contributed by atoms with Gasteiger partial charge in [0, 0.05) is 4.88 Å². The second-order valence-electron chi connectivity index (χ2n) is 3.59. The molecule has 0 saturated carbocycles. The fourth-order valence-corrected chi connectivity index (χ4v) is 3.05. The van der Waals surface area contributed by atoms with Crippen LogP contribution in [0.5, 0.6) is 0 Å². The zero-order valence-corrected chi connectivity index (χ0v) is 11.2. The predicted octanol–water partition coefficient (Wildman–Crippen LogP) is 5.75. The van der Waals surface area contributed by atoms with E-state index in [1.807, 2.05) is 0 Å². The van der Waals surface area contributed by atoms with Crippen molar-refractivity contribution in [3.05, 3.63) is 56.7 Å². The van der Waals surface area contributed by atoms with E-state index in [9.17, 15) is 13.2 Å². The first-order valence-corrected chi connectivity index (χ1v) is 6.58. The summed E-state index contributed by atoms with van der Waals surface area (Å²) in [6, 6.07) is 8.55. The molecular weight excluding hydrogens is 304 g/mol. The summed E-state index contributed by atoms with van der Waals surface area (Å²) in [4.78, 5) is 0.596. The maximum Gasteiger partial charge on any atom is 0.416 e. The smallest absolute Gasteiger partial charge is 0.166 e. The largest absolute Gasteiger partial charge is 0.416 e. The molecule has 0 fully saturated rings. The Kier molecular flexibility index (Phi) is 3.90. The van der Waals surface area contributed by atoms with Crippen LogP contribution in [-0.4, -0.2) is 0 Å². The second-order valence-corrected chi connectivity index (χ2v) is 5.77. The van der Waals surface area contributed by atoms with Crippen LogP contribution < -0.4 is 0 Å². The Bertz CT molecular complexity index is 548.